The number of carbonyl (C=O) groups excluding carboxylic acids is 1. The van der Waals surface area contributed by atoms with E-state index in [4.69, 9.17) is 0 Å². The Hall–Kier alpha value is -0.570. The van der Waals surface area contributed by atoms with Crippen molar-refractivity contribution in [2.75, 3.05) is 19.6 Å². The topological polar surface area (TPSA) is 32.3 Å². The summed E-state index contributed by atoms with van der Waals surface area (Å²) in [6, 6.07) is 0.0936. The highest BCUT2D eigenvalue weighted by Crippen LogP contribution is 2.27. The summed E-state index contributed by atoms with van der Waals surface area (Å²) in [5, 5.41) is 3.39. The van der Waals surface area contributed by atoms with Gasteiger partial charge in [-0.25, -0.2) is 0 Å². The molecule has 0 aliphatic carbocycles. The third-order valence-corrected chi connectivity index (χ3v) is 3.65. The van der Waals surface area contributed by atoms with Crippen LogP contribution in [0.2, 0.25) is 0 Å². The molecule has 2 fully saturated rings. The van der Waals surface area contributed by atoms with Crippen molar-refractivity contribution in [2.24, 2.45) is 5.41 Å². The van der Waals surface area contributed by atoms with E-state index in [1.54, 1.807) is 0 Å². The van der Waals surface area contributed by atoms with Gasteiger partial charge in [-0.15, -0.1) is 0 Å². The second-order valence-electron chi connectivity index (χ2n) is 5.67. The summed E-state index contributed by atoms with van der Waals surface area (Å²) >= 11 is 0. The first-order valence-electron chi connectivity index (χ1n) is 6.11. The van der Waals surface area contributed by atoms with Crippen LogP contribution in [0.25, 0.3) is 0 Å². The molecule has 3 heteroatoms. The van der Waals surface area contributed by atoms with Gasteiger partial charge in [0.1, 0.15) is 0 Å². The first-order chi connectivity index (χ1) is 7.08. The van der Waals surface area contributed by atoms with Gasteiger partial charge in [-0.1, -0.05) is 13.8 Å². The van der Waals surface area contributed by atoms with Crippen LogP contribution in [0.5, 0.6) is 0 Å². The first-order valence-corrected chi connectivity index (χ1v) is 6.11. The van der Waals surface area contributed by atoms with E-state index in [9.17, 15) is 4.79 Å². The molecule has 2 heterocycles. The maximum atomic E-state index is 12.1. The Kier molecular flexibility index (Phi) is 3.01. The summed E-state index contributed by atoms with van der Waals surface area (Å²) in [5.41, 5.74) is 0.363. The second kappa shape index (κ2) is 4.12. The van der Waals surface area contributed by atoms with E-state index >= 15 is 0 Å². The fourth-order valence-corrected chi connectivity index (χ4v) is 2.49. The summed E-state index contributed by atoms with van der Waals surface area (Å²) in [6.07, 6.45) is 4.53. The SMILES string of the molecule is CC1(C)CCC(C(=O)N2CCCC2)NC1. The maximum Gasteiger partial charge on any atom is 0.239 e. The normalized spacial score (nSPS) is 30.5. The molecule has 0 radical (unpaired) electrons. The molecule has 0 bridgehead atoms. The van der Waals surface area contributed by atoms with Crippen LogP contribution in [-0.2, 0) is 4.79 Å². The number of piperidine rings is 1. The Balaban J connectivity index is 1.87. The minimum Gasteiger partial charge on any atom is -0.341 e. The van der Waals surface area contributed by atoms with Crippen molar-refractivity contribution in [3.63, 3.8) is 0 Å². The van der Waals surface area contributed by atoms with Crippen LogP contribution in [0, 0.1) is 5.41 Å². The zero-order valence-corrected chi connectivity index (χ0v) is 9.88. The third-order valence-electron chi connectivity index (χ3n) is 3.65. The summed E-state index contributed by atoms with van der Waals surface area (Å²) in [6.45, 7) is 7.44. The molecular formula is C12H22N2O. The molecule has 1 unspecified atom stereocenters. The molecule has 0 aromatic carbocycles. The molecule has 0 saturated carbocycles. The van der Waals surface area contributed by atoms with Crippen LogP contribution < -0.4 is 5.32 Å². The Bertz CT molecular complexity index is 234. The number of amides is 1. The Morgan fingerprint density at radius 1 is 1.33 bits per heavy atom. The molecule has 15 heavy (non-hydrogen) atoms. The van der Waals surface area contributed by atoms with Crippen LogP contribution in [0.15, 0.2) is 0 Å². The molecule has 1 amide bonds. The molecule has 0 aromatic heterocycles. The number of hydrogen-bond donors (Lipinski definition) is 1. The molecule has 2 aliphatic heterocycles. The summed E-state index contributed by atoms with van der Waals surface area (Å²) < 4.78 is 0. The predicted molar refractivity (Wildman–Crippen MR) is 60.6 cm³/mol. The van der Waals surface area contributed by atoms with Crippen molar-refractivity contribution in [2.45, 2.75) is 45.6 Å². The number of carbonyl (C=O) groups is 1. The highest BCUT2D eigenvalue weighted by atomic mass is 16.2. The van der Waals surface area contributed by atoms with Crippen molar-refractivity contribution in [3.8, 4) is 0 Å². The van der Waals surface area contributed by atoms with Gasteiger partial charge in [-0.3, -0.25) is 4.79 Å². The monoisotopic (exact) mass is 210 g/mol. The smallest absolute Gasteiger partial charge is 0.239 e. The fraction of sp³-hybridized carbons (Fsp3) is 0.917. The van der Waals surface area contributed by atoms with Gasteiger partial charge in [0.2, 0.25) is 5.91 Å². The van der Waals surface area contributed by atoms with Gasteiger partial charge in [0.25, 0.3) is 0 Å². The molecule has 86 valence electrons. The van der Waals surface area contributed by atoms with E-state index in [1.807, 2.05) is 4.90 Å². The Labute approximate surface area is 92.2 Å². The van der Waals surface area contributed by atoms with Gasteiger partial charge in [0.15, 0.2) is 0 Å². The molecule has 2 aliphatic rings. The summed E-state index contributed by atoms with van der Waals surface area (Å²) in [7, 11) is 0. The van der Waals surface area contributed by atoms with Crippen LogP contribution in [0.4, 0.5) is 0 Å². The largest absolute Gasteiger partial charge is 0.341 e. The Morgan fingerprint density at radius 3 is 2.53 bits per heavy atom. The van der Waals surface area contributed by atoms with Crippen molar-refractivity contribution in [1.29, 1.82) is 0 Å². The van der Waals surface area contributed by atoms with E-state index < -0.39 is 0 Å². The van der Waals surface area contributed by atoms with Gasteiger partial charge in [0.05, 0.1) is 6.04 Å². The standard InChI is InChI=1S/C12H22N2O/c1-12(2)6-5-10(13-9-12)11(15)14-7-3-4-8-14/h10,13H,3-9H2,1-2H3. The third kappa shape index (κ3) is 2.51. The number of hydrogen-bond acceptors (Lipinski definition) is 2. The average molecular weight is 210 g/mol. The van der Waals surface area contributed by atoms with Crippen molar-refractivity contribution in [1.82, 2.24) is 10.2 Å². The zero-order chi connectivity index (χ0) is 10.9. The maximum absolute atomic E-state index is 12.1. The minimum atomic E-state index is 0.0936. The minimum absolute atomic E-state index is 0.0936. The number of rotatable bonds is 1. The number of nitrogens with zero attached hydrogens (tertiary/aromatic N) is 1. The zero-order valence-electron chi connectivity index (χ0n) is 9.88. The molecule has 2 saturated heterocycles. The van der Waals surface area contributed by atoms with Crippen LogP contribution in [0.1, 0.15) is 39.5 Å². The lowest BCUT2D eigenvalue weighted by Crippen LogP contribution is -2.51. The van der Waals surface area contributed by atoms with Gasteiger partial charge in [-0.2, -0.15) is 0 Å². The average Bonchev–Trinajstić information content (AvgIpc) is 2.69. The predicted octanol–water partition coefficient (Wildman–Crippen LogP) is 1.39. The van der Waals surface area contributed by atoms with E-state index in [0.717, 1.165) is 32.5 Å². The van der Waals surface area contributed by atoms with Crippen molar-refractivity contribution >= 4 is 5.91 Å². The molecule has 1 N–H and O–H groups in total. The highest BCUT2D eigenvalue weighted by molar-refractivity contribution is 5.82. The van der Waals surface area contributed by atoms with Gasteiger partial charge in [-0.05, 0) is 31.1 Å². The summed E-state index contributed by atoms with van der Waals surface area (Å²) in [4.78, 5) is 14.1. The van der Waals surface area contributed by atoms with Gasteiger partial charge in [0, 0.05) is 19.6 Å². The summed E-state index contributed by atoms with van der Waals surface area (Å²) in [5.74, 6) is 0.336. The quantitative estimate of drug-likeness (QED) is 0.709. The van der Waals surface area contributed by atoms with Crippen molar-refractivity contribution < 1.29 is 4.79 Å². The van der Waals surface area contributed by atoms with Crippen LogP contribution in [0.3, 0.4) is 0 Å². The van der Waals surface area contributed by atoms with E-state index in [2.05, 4.69) is 19.2 Å². The van der Waals surface area contributed by atoms with Crippen LogP contribution in [-0.4, -0.2) is 36.5 Å². The molecule has 0 aromatic rings. The van der Waals surface area contributed by atoms with Gasteiger partial charge < -0.3 is 10.2 Å². The first kappa shape index (κ1) is 10.9. The Morgan fingerprint density at radius 2 is 2.00 bits per heavy atom. The molecule has 3 nitrogen and oxygen atoms in total. The van der Waals surface area contributed by atoms with E-state index in [0.29, 0.717) is 11.3 Å². The van der Waals surface area contributed by atoms with Crippen molar-refractivity contribution in [3.05, 3.63) is 0 Å². The molecule has 0 spiro atoms. The molecule has 2 rings (SSSR count). The van der Waals surface area contributed by atoms with E-state index in [-0.39, 0.29) is 6.04 Å². The lowest BCUT2D eigenvalue weighted by atomic mass is 9.82. The fourth-order valence-electron chi connectivity index (χ4n) is 2.49. The highest BCUT2D eigenvalue weighted by Gasteiger charge is 2.32. The number of nitrogens with one attached hydrogen (secondary N) is 1. The molecular weight excluding hydrogens is 188 g/mol. The lowest BCUT2D eigenvalue weighted by molar-refractivity contribution is -0.133. The van der Waals surface area contributed by atoms with Gasteiger partial charge >= 0.3 is 0 Å². The second-order valence-corrected chi connectivity index (χ2v) is 5.67. The number of likely N-dealkylation sites (tertiary alicyclic amines) is 1. The molecule has 1 atom stereocenters. The van der Waals surface area contributed by atoms with E-state index in [1.165, 1.54) is 12.8 Å². The van der Waals surface area contributed by atoms with Crippen LogP contribution >= 0.6 is 0 Å². The lowest BCUT2D eigenvalue weighted by Gasteiger charge is -2.36.